The van der Waals surface area contributed by atoms with Gasteiger partial charge in [-0.1, -0.05) is 195 Å². The molecule has 0 saturated carbocycles. The van der Waals surface area contributed by atoms with E-state index in [1.54, 1.807) is 0 Å². The molecule has 0 aromatic heterocycles. The molecule has 0 aliphatic carbocycles. The monoisotopic (exact) mass is 922 g/mol. The van der Waals surface area contributed by atoms with Crippen molar-refractivity contribution in [3.63, 3.8) is 0 Å². The lowest BCUT2D eigenvalue weighted by Gasteiger charge is -2.26. The van der Waals surface area contributed by atoms with Crippen molar-refractivity contribution in [2.75, 3.05) is 47.5 Å². The van der Waals surface area contributed by atoms with Crippen molar-refractivity contribution in [1.29, 1.82) is 0 Å². The Balaban J connectivity index is 4.36. The summed E-state index contributed by atoms with van der Waals surface area (Å²) in [5.74, 6) is -2.33. The number of likely N-dealkylation sites (N-methyl/N-ethyl adjacent to an activating group) is 1. The maximum atomic E-state index is 12.8. The number of allylic oxidation sites excluding steroid dienone is 16. The Morgan fingerprint density at radius 3 is 1.29 bits per heavy atom. The predicted octanol–water partition coefficient (Wildman–Crippen LogP) is 13.3. The van der Waals surface area contributed by atoms with Crippen LogP contribution in [0, 0.1) is 0 Å². The Kier molecular flexibility index (Phi) is 45.0. The quantitative estimate of drug-likeness (QED) is 0.0195. The van der Waals surface area contributed by atoms with E-state index in [2.05, 4.69) is 111 Å². The number of carbonyl (C=O) groups is 3. The predicted molar refractivity (Wildman–Crippen MR) is 274 cm³/mol. The second-order valence-corrected chi connectivity index (χ2v) is 18.1. The molecule has 9 nitrogen and oxygen atoms in total. The van der Waals surface area contributed by atoms with Crippen LogP contribution >= 0.6 is 0 Å². The van der Waals surface area contributed by atoms with Gasteiger partial charge in [0.15, 0.2) is 12.4 Å². The summed E-state index contributed by atoms with van der Waals surface area (Å²) in [6.45, 7) is 4.58. The average Bonchev–Trinajstić information content (AvgIpc) is 3.28. The number of carboxylic acids is 1. The van der Waals surface area contributed by atoms with E-state index in [1.807, 2.05) is 21.1 Å². The molecule has 9 heteroatoms. The SMILES string of the molecule is CC/C=C\C/C=C\C/C=C\C/C=C\C/C=C\C/C=C\C/C=C\C/C=C\CCCCCCC(=O)OC(COC(=O)CCCCCCCCCCCCCC)COC(OCC[N+](C)(C)C)C(=O)[O-]. The maximum Gasteiger partial charge on any atom is 0.306 e. The highest BCUT2D eigenvalue weighted by atomic mass is 16.7. The third-order valence-corrected chi connectivity index (χ3v) is 10.6. The highest BCUT2D eigenvalue weighted by molar-refractivity contribution is 5.70. The van der Waals surface area contributed by atoms with Crippen molar-refractivity contribution in [3.8, 4) is 0 Å². The van der Waals surface area contributed by atoms with Gasteiger partial charge in [-0.25, -0.2) is 0 Å². The minimum absolute atomic E-state index is 0.138. The van der Waals surface area contributed by atoms with Crippen LogP contribution in [0.1, 0.15) is 187 Å². The zero-order valence-electron chi connectivity index (χ0n) is 42.5. The second-order valence-electron chi connectivity index (χ2n) is 18.1. The lowest BCUT2D eigenvalue weighted by atomic mass is 10.0. The Bertz CT molecular complexity index is 1400. The number of aliphatic carboxylic acids is 1. The van der Waals surface area contributed by atoms with Crippen molar-refractivity contribution in [1.82, 2.24) is 0 Å². The molecule has 0 saturated heterocycles. The highest BCUT2D eigenvalue weighted by Crippen LogP contribution is 2.14. The number of quaternary nitrogens is 1. The van der Waals surface area contributed by atoms with E-state index in [0.29, 0.717) is 17.4 Å². The van der Waals surface area contributed by atoms with Crippen molar-refractivity contribution in [3.05, 3.63) is 97.2 Å². The number of ether oxygens (including phenoxy) is 4. The van der Waals surface area contributed by atoms with E-state index >= 15 is 0 Å². The van der Waals surface area contributed by atoms with Gasteiger partial charge < -0.3 is 33.3 Å². The molecule has 0 rings (SSSR count). The molecule has 0 radical (unpaired) electrons. The van der Waals surface area contributed by atoms with Crippen molar-refractivity contribution in [2.24, 2.45) is 0 Å². The standard InChI is InChI=1S/C57H95NO8/c1-6-8-10-12-14-16-18-20-21-22-23-24-25-26-27-28-29-30-31-32-33-34-35-36-38-40-42-44-46-48-55(60)66-53(52-65-57(56(61)62)63-50-49-58(3,4)5)51-64-54(59)47-45-43-41-39-37-19-17-15-13-11-9-7-2/h8,10,14,16,20-21,23-24,26-27,29-30,32-33,35-36,53,57H,6-7,9,11-13,15,17-19,22,25,28,31,34,37-52H2,1-5H3/b10-8-,16-14-,21-20-,24-23-,27-26-,30-29-,33-32-,36-35-. The Morgan fingerprint density at radius 1 is 0.470 bits per heavy atom. The van der Waals surface area contributed by atoms with Gasteiger partial charge in [-0.05, 0) is 77.0 Å². The minimum atomic E-state index is -1.63. The van der Waals surface area contributed by atoms with E-state index in [4.69, 9.17) is 18.9 Å². The van der Waals surface area contributed by atoms with Crippen LogP contribution in [0.15, 0.2) is 97.2 Å². The number of unbranched alkanes of at least 4 members (excludes halogenated alkanes) is 15. The van der Waals surface area contributed by atoms with Gasteiger partial charge in [-0.2, -0.15) is 0 Å². The molecule has 0 aliphatic rings. The average molecular weight is 922 g/mol. The summed E-state index contributed by atoms with van der Waals surface area (Å²) in [4.78, 5) is 37.1. The lowest BCUT2D eigenvalue weighted by molar-refractivity contribution is -0.870. The zero-order valence-corrected chi connectivity index (χ0v) is 42.5. The zero-order chi connectivity index (χ0) is 48.4. The van der Waals surface area contributed by atoms with Gasteiger partial charge in [0.05, 0.1) is 40.3 Å². The topological polar surface area (TPSA) is 111 Å². The number of rotatable bonds is 46. The third kappa shape index (κ3) is 48.2. The van der Waals surface area contributed by atoms with E-state index in [9.17, 15) is 19.5 Å². The number of esters is 2. The van der Waals surface area contributed by atoms with E-state index in [-0.39, 0.29) is 38.6 Å². The molecular formula is C57H95NO8. The van der Waals surface area contributed by atoms with Crippen molar-refractivity contribution < 1.29 is 42.9 Å². The molecule has 0 aromatic carbocycles. The van der Waals surface area contributed by atoms with Crippen LogP contribution in [-0.2, 0) is 33.3 Å². The molecule has 0 N–H and O–H groups in total. The van der Waals surface area contributed by atoms with Gasteiger partial charge in [0.25, 0.3) is 0 Å². The van der Waals surface area contributed by atoms with E-state index in [1.165, 1.54) is 57.8 Å². The second kappa shape index (κ2) is 47.7. The van der Waals surface area contributed by atoms with Crippen LogP contribution in [0.25, 0.3) is 0 Å². The summed E-state index contributed by atoms with van der Waals surface area (Å²) in [5, 5.41) is 11.7. The third-order valence-electron chi connectivity index (χ3n) is 10.6. The largest absolute Gasteiger partial charge is 0.545 e. The molecular weight excluding hydrogens is 827 g/mol. The fraction of sp³-hybridized carbons (Fsp3) is 0.667. The van der Waals surface area contributed by atoms with Gasteiger partial charge >= 0.3 is 11.9 Å². The van der Waals surface area contributed by atoms with Crippen LogP contribution in [0.3, 0.4) is 0 Å². The molecule has 0 spiro atoms. The first-order chi connectivity index (χ1) is 32.1. The summed E-state index contributed by atoms with van der Waals surface area (Å²) in [6, 6.07) is 0. The number of hydrogen-bond donors (Lipinski definition) is 0. The number of nitrogens with zero attached hydrogens (tertiary/aromatic N) is 1. The van der Waals surface area contributed by atoms with Crippen LogP contribution in [0.5, 0.6) is 0 Å². The fourth-order valence-corrected chi connectivity index (χ4v) is 6.61. The number of hydrogen-bond acceptors (Lipinski definition) is 8. The Morgan fingerprint density at radius 2 is 0.864 bits per heavy atom. The molecule has 0 fully saturated rings. The van der Waals surface area contributed by atoms with Crippen LogP contribution < -0.4 is 5.11 Å². The molecule has 2 atom stereocenters. The number of carboxylic acid groups (broad SMARTS) is 1. The van der Waals surface area contributed by atoms with Crippen LogP contribution in [0.2, 0.25) is 0 Å². The summed E-state index contributed by atoms with van der Waals surface area (Å²) < 4.78 is 22.6. The molecule has 376 valence electrons. The van der Waals surface area contributed by atoms with Gasteiger partial charge in [0, 0.05) is 12.8 Å². The normalized spacial score (nSPS) is 13.7. The molecule has 0 amide bonds. The summed E-state index contributed by atoms with van der Waals surface area (Å²) >= 11 is 0. The molecule has 0 aliphatic heterocycles. The Labute approximate surface area is 403 Å². The first-order valence-corrected chi connectivity index (χ1v) is 25.9. The summed E-state index contributed by atoms with van der Waals surface area (Å²) in [6.07, 6.45) is 60.2. The Hall–Kier alpha value is -3.79. The van der Waals surface area contributed by atoms with Crippen molar-refractivity contribution in [2.45, 2.75) is 200 Å². The van der Waals surface area contributed by atoms with Crippen molar-refractivity contribution >= 4 is 17.9 Å². The van der Waals surface area contributed by atoms with Crippen LogP contribution in [0.4, 0.5) is 0 Å². The van der Waals surface area contributed by atoms with Gasteiger partial charge in [0.2, 0.25) is 0 Å². The first kappa shape index (κ1) is 62.2. The summed E-state index contributed by atoms with van der Waals surface area (Å²) in [7, 11) is 5.90. The summed E-state index contributed by atoms with van der Waals surface area (Å²) in [5.41, 5.74) is 0. The van der Waals surface area contributed by atoms with E-state index < -0.39 is 24.3 Å². The fourth-order valence-electron chi connectivity index (χ4n) is 6.61. The van der Waals surface area contributed by atoms with Gasteiger partial charge in [-0.15, -0.1) is 0 Å². The maximum absolute atomic E-state index is 12.8. The highest BCUT2D eigenvalue weighted by Gasteiger charge is 2.21. The van der Waals surface area contributed by atoms with E-state index in [0.717, 1.165) is 96.3 Å². The van der Waals surface area contributed by atoms with Gasteiger partial charge in [-0.3, -0.25) is 9.59 Å². The molecule has 0 bridgehead atoms. The first-order valence-electron chi connectivity index (χ1n) is 25.9. The molecule has 66 heavy (non-hydrogen) atoms. The molecule has 0 heterocycles. The minimum Gasteiger partial charge on any atom is -0.545 e. The van der Waals surface area contributed by atoms with Gasteiger partial charge in [0.1, 0.15) is 13.2 Å². The molecule has 0 aromatic rings. The number of carbonyl (C=O) groups excluding carboxylic acids is 3. The molecule has 2 unspecified atom stereocenters. The smallest absolute Gasteiger partial charge is 0.306 e. The van der Waals surface area contributed by atoms with Crippen LogP contribution in [-0.4, -0.2) is 82.3 Å². The lowest BCUT2D eigenvalue weighted by Crippen LogP contribution is -2.44.